The molecule has 0 aliphatic carbocycles. The number of benzene rings is 2. The molecule has 166 valence electrons. The first kappa shape index (κ1) is 23.4. The van der Waals surface area contributed by atoms with E-state index in [0.29, 0.717) is 25.0 Å². The third-order valence-electron chi connectivity index (χ3n) is 4.87. The molecular weight excluding hydrogens is 411 g/mol. The summed E-state index contributed by atoms with van der Waals surface area (Å²) >= 11 is 0. The van der Waals surface area contributed by atoms with E-state index in [1.807, 2.05) is 55.5 Å². The molecule has 0 amide bonds. The Balaban J connectivity index is 1.69. The maximum Gasteiger partial charge on any atom is 0.335 e. The van der Waals surface area contributed by atoms with Crippen LogP contribution in [0.25, 0.3) is 22.9 Å². The van der Waals surface area contributed by atoms with Crippen LogP contribution < -0.4 is 0 Å². The maximum atomic E-state index is 13.2. The standard InChI is InChI=1S/C24H31N2O4P/c1-4-6-16-28-31(27,29-17-7-5-2)18-20-10-14-22(15-11-20)24-26-25-23(30-24)21-12-8-19(3)9-13-21/h8-15H,4-7,16-18H2,1-3H3. The molecule has 6 nitrogen and oxygen atoms in total. The summed E-state index contributed by atoms with van der Waals surface area (Å²) in [7, 11) is -3.18. The van der Waals surface area contributed by atoms with Crippen LogP contribution in [-0.2, 0) is 19.8 Å². The van der Waals surface area contributed by atoms with Gasteiger partial charge < -0.3 is 13.5 Å². The first-order valence-electron chi connectivity index (χ1n) is 10.9. The maximum absolute atomic E-state index is 13.2. The zero-order valence-electron chi connectivity index (χ0n) is 18.5. The van der Waals surface area contributed by atoms with E-state index in [1.54, 1.807) is 0 Å². The highest BCUT2D eigenvalue weighted by Crippen LogP contribution is 2.51. The fourth-order valence-electron chi connectivity index (χ4n) is 2.95. The molecule has 0 radical (unpaired) electrons. The van der Waals surface area contributed by atoms with Crippen LogP contribution in [0.3, 0.4) is 0 Å². The lowest BCUT2D eigenvalue weighted by Crippen LogP contribution is -2.02. The van der Waals surface area contributed by atoms with Crippen molar-refractivity contribution in [2.75, 3.05) is 13.2 Å². The Morgan fingerprint density at radius 1 is 0.806 bits per heavy atom. The van der Waals surface area contributed by atoms with E-state index in [-0.39, 0.29) is 6.16 Å². The van der Waals surface area contributed by atoms with Crippen LogP contribution in [0.5, 0.6) is 0 Å². The first-order valence-corrected chi connectivity index (χ1v) is 12.6. The average Bonchev–Trinajstić information content (AvgIpc) is 3.25. The average molecular weight is 442 g/mol. The molecule has 0 atom stereocenters. The highest BCUT2D eigenvalue weighted by atomic mass is 31.2. The second kappa shape index (κ2) is 11.4. The normalized spacial score (nSPS) is 11.7. The highest BCUT2D eigenvalue weighted by molar-refractivity contribution is 7.53. The first-order chi connectivity index (χ1) is 15.0. The zero-order valence-corrected chi connectivity index (χ0v) is 19.4. The summed E-state index contributed by atoms with van der Waals surface area (Å²) in [4.78, 5) is 0. The molecule has 0 N–H and O–H groups in total. The number of unbranched alkanes of at least 4 members (excludes halogenated alkanes) is 2. The van der Waals surface area contributed by atoms with Crippen molar-refractivity contribution >= 4 is 7.60 Å². The van der Waals surface area contributed by atoms with E-state index in [4.69, 9.17) is 13.5 Å². The van der Waals surface area contributed by atoms with Gasteiger partial charge in [0.05, 0.1) is 19.4 Å². The molecule has 0 aliphatic rings. The number of rotatable bonds is 12. The Morgan fingerprint density at radius 2 is 1.29 bits per heavy atom. The second-order valence-corrected chi connectivity index (χ2v) is 9.67. The van der Waals surface area contributed by atoms with Crippen LogP contribution in [0.1, 0.15) is 50.7 Å². The Kier molecular flexibility index (Phi) is 8.59. The van der Waals surface area contributed by atoms with Gasteiger partial charge in [0.15, 0.2) is 0 Å². The van der Waals surface area contributed by atoms with Crippen molar-refractivity contribution in [1.82, 2.24) is 10.2 Å². The van der Waals surface area contributed by atoms with Gasteiger partial charge in [-0.2, -0.15) is 0 Å². The smallest absolute Gasteiger partial charge is 0.335 e. The van der Waals surface area contributed by atoms with Gasteiger partial charge in [0.1, 0.15) is 0 Å². The van der Waals surface area contributed by atoms with E-state index in [2.05, 4.69) is 24.0 Å². The predicted octanol–water partition coefficient (Wildman–Crippen LogP) is 7.04. The zero-order chi connectivity index (χ0) is 22.1. The SMILES string of the molecule is CCCCOP(=O)(Cc1ccc(-c2nnc(-c3ccc(C)cc3)o2)cc1)OCCCC. The second-order valence-electron chi connectivity index (χ2n) is 7.62. The van der Waals surface area contributed by atoms with Crippen molar-refractivity contribution in [2.45, 2.75) is 52.6 Å². The summed E-state index contributed by atoms with van der Waals surface area (Å²) in [5.41, 5.74) is 3.76. The van der Waals surface area contributed by atoms with E-state index >= 15 is 0 Å². The van der Waals surface area contributed by atoms with E-state index < -0.39 is 7.60 Å². The molecule has 31 heavy (non-hydrogen) atoms. The van der Waals surface area contributed by atoms with Crippen LogP contribution in [-0.4, -0.2) is 23.4 Å². The van der Waals surface area contributed by atoms with Gasteiger partial charge in [-0.05, 0) is 49.6 Å². The summed E-state index contributed by atoms with van der Waals surface area (Å²) in [6, 6.07) is 15.5. The number of aromatic nitrogens is 2. The molecule has 0 fully saturated rings. The van der Waals surface area contributed by atoms with Gasteiger partial charge >= 0.3 is 7.60 Å². The van der Waals surface area contributed by atoms with Crippen LogP contribution in [0.4, 0.5) is 0 Å². The molecule has 0 spiro atoms. The molecule has 0 aliphatic heterocycles. The predicted molar refractivity (Wildman–Crippen MR) is 123 cm³/mol. The molecule has 3 aromatic rings. The fraction of sp³-hybridized carbons (Fsp3) is 0.417. The third-order valence-corrected chi connectivity index (χ3v) is 6.78. The highest BCUT2D eigenvalue weighted by Gasteiger charge is 2.25. The van der Waals surface area contributed by atoms with E-state index in [1.165, 1.54) is 5.56 Å². The van der Waals surface area contributed by atoms with Crippen molar-refractivity contribution in [3.63, 3.8) is 0 Å². The molecular formula is C24H31N2O4P. The molecule has 0 bridgehead atoms. The summed E-state index contributed by atoms with van der Waals surface area (Å²) in [6.07, 6.45) is 3.94. The Morgan fingerprint density at radius 3 is 1.77 bits per heavy atom. The molecule has 0 saturated heterocycles. The largest absolute Gasteiger partial charge is 0.416 e. The van der Waals surface area contributed by atoms with Crippen LogP contribution in [0.15, 0.2) is 52.9 Å². The van der Waals surface area contributed by atoms with Gasteiger partial charge in [0.2, 0.25) is 11.8 Å². The molecule has 0 unspecified atom stereocenters. The lowest BCUT2D eigenvalue weighted by molar-refractivity contribution is 0.199. The third kappa shape index (κ3) is 6.86. The Bertz CT molecular complexity index is 970. The summed E-state index contributed by atoms with van der Waals surface area (Å²) in [5, 5.41) is 8.33. The van der Waals surface area contributed by atoms with Crippen molar-refractivity contribution in [1.29, 1.82) is 0 Å². The minimum absolute atomic E-state index is 0.249. The van der Waals surface area contributed by atoms with Crippen LogP contribution >= 0.6 is 7.60 Å². The van der Waals surface area contributed by atoms with Gasteiger partial charge in [-0.1, -0.05) is 56.5 Å². The summed E-state index contributed by atoms with van der Waals surface area (Å²) < 4.78 is 30.4. The number of hydrogen-bond donors (Lipinski definition) is 0. The van der Waals surface area contributed by atoms with E-state index in [9.17, 15) is 4.57 Å². The van der Waals surface area contributed by atoms with Gasteiger partial charge in [-0.15, -0.1) is 10.2 Å². The van der Waals surface area contributed by atoms with Crippen molar-refractivity contribution < 1.29 is 18.0 Å². The van der Waals surface area contributed by atoms with Gasteiger partial charge in [0, 0.05) is 11.1 Å². The molecule has 2 aromatic carbocycles. The van der Waals surface area contributed by atoms with Crippen molar-refractivity contribution in [3.8, 4) is 22.9 Å². The monoisotopic (exact) mass is 442 g/mol. The number of hydrogen-bond acceptors (Lipinski definition) is 6. The Hall–Kier alpha value is -2.27. The topological polar surface area (TPSA) is 74.5 Å². The quantitative estimate of drug-likeness (QED) is 0.221. The van der Waals surface area contributed by atoms with Crippen molar-refractivity contribution in [3.05, 3.63) is 59.7 Å². The summed E-state index contributed by atoms with van der Waals surface area (Å²) in [6.45, 7) is 7.08. The molecule has 1 aromatic heterocycles. The molecule has 1 heterocycles. The lowest BCUT2D eigenvalue weighted by Gasteiger charge is -2.18. The van der Waals surface area contributed by atoms with Gasteiger partial charge in [-0.25, -0.2) is 0 Å². The van der Waals surface area contributed by atoms with Gasteiger partial charge in [0.25, 0.3) is 0 Å². The summed E-state index contributed by atoms with van der Waals surface area (Å²) in [5.74, 6) is 0.931. The molecule has 0 saturated carbocycles. The fourth-order valence-corrected chi connectivity index (χ4v) is 4.68. The number of nitrogens with zero attached hydrogens (tertiary/aromatic N) is 2. The Labute approximate surface area is 184 Å². The lowest BCUT2D eigenvalue weighted by atomic mass is 10.1. The van der Waals surface area contributed by atoms with Crippen LogP contribution in [0.2, 0.25) is 0 Å². The number of aryl methyl sites for hydroxylation is 1. The minimum Gasteiger partial charge on any atom is -0.416 e. The van der Waals surface area contributed by atoms with Gasteiger partial charge in [-0.3, -0.25) is 4.57 Å². The molecule has 3 rings (SSSR count). The molecule has 7 heteroatoms. The minimum atomic E-state index is -3.18. The van der Waals surface area contributed by atoms with E-state index in [0.717, 1.165) is 42.4 Å². The van der Waals surface area contributed by atoms with Crippen LogP contribution in [0, 0.1) is 6.92 Å². The van der Waals surface area contributed by atoms with Crippen molar-refractivity contribution in [2.24, 2.45) is 0 Å².